The molecule has 43 heavy (non-hydrogen) atoms. The number of Topliss-reactive ketones (excluding diaryl/α,β-unsaturated/α-hetero) is 1. The number of halogens is 2. The molecule has 0 aliphatic carbocycles. The van der Waals surface area contributed by atoms with Gasteiger partial charge in [-0.2, -0.15) is 5.26 Å². The maximum Gasteiger partial charge on any atom is 0.410 e. The summed E-state index contributed by atoms with van der Waals surface area (Å²) in [6, 6.07) is 7.89. The molecular formula is C31H40F2N6O4. The first-order chi connectivity index (χ1) is 20.3. The van der Waals surface area contributed by atoms with Crippen LogP contribution in [0.25, 0.3) is 10.9 Å². The molecule has 0 unspecified atom stereocenters. The average molecular weight is 599 g/mol. The number of aromatic nitrogens is 1. The van der Waals surface area contributed by atoms with E-state index in [-0.39, 0.29) is 24.7 Å². The number of ketones is 1. The fraction of sp³-hybridized carbons (Fsp3) is 0.581. The number of fused-ring (bicyclic) bond motifs is 1. The number of hydrogen-bond donors (Lipinski definition) is 0. The number of benzene rings is 1. The number of alkyl halides is 2. The lowest BCUT2D eigenvalue weighted by Crippen LogP contribution is -2.50. The number of piperazine rings is 1. The number of hydrogen-bond acceptors (Lipinski definition) is 8. The van der Waals surface area contributed by atoms with Crippen LogP contribution in [0.4, 0.5) is 19.3 Å². The molecule has 0 N–H and O–H groups in total. The number of carbonyl (C=O) groups excluding carboxylic acids is 3. The Balaban J connectivity index is 1.30. The van der Waals surface area contributed by atoms with Gasteiger partial charge in [0.05, 0.1) is 18.1 Å². The minimum Gasteiger partial charge on any atom is -0.444 e. The van der Waals surface area contributed by atoms with Crippen LogP contribution >= 0.6 is 0 Å². The molecule has 12 heteroatoms. The van der Waals surface area contributed by atoms with E-state index in [0.29, 0.717) is 29.6 Å². The second kappa shape index (κ2) is 13.2. The van der Waals surface area contributed by atoms with E-state index in [1.165, 1.54) is 6.20 Å². The molecule has 0 spiro atoms. The Kier molecular flexibility index (Phi) is 9.85. The van der Waals surface area contributed by atoms with Crippen LogP contribution < -0.4 is 4.90 Å². The van der Waals surface area contributed by atoms with Gasteiger partial charge in [0.15, 0.2) is 5.78 Å². The van der Waals surface area contributed by atoms with Gasteiger partial charge in [0.25, 0.3) is 5.92 Å². The van der Waals surface area contributed by atoms with Crippen LogP contribution in [0.3, 0.4) is 0 Å². The molecule has 0 bridgehead atoms. The molecule has 10 nitrogen and oxygen atoms in total. The molecule has 2 amide bonds. The highest BCUT2D eigenvalue weighted by atomic mass is 19.3. The third-order valence-electron chi connectivity index (χ3n) is 7.76. The van der Waals surface area contributed by atoms with Crippen molar-refractivity contribution in [1.82, 2.24) is 19.7 Å². The van der Waals surface area contributed by atoms with E-state index in [1.807, 2.05) is 46.0 Å². The first-order valence-electron chi connectivity index (χ1n) is 14.7. The van der Waals surface area contributed by atoms with Crippen molar-refractivity contribution in [3.8, 4) is 6.07 Å². The number of rotatable bonds is 9. The molecule has 2 aromatic rings. The van der Waals surface area contributed by atoms with Crippen molar-refractivity contribution in [3.63, 3.8) is 0 Å². The first kappa shape index (κ1) is 32.1. The summed E-state index contributed by atoms with van der Waals surface area (Å²) >= 11 is 0. The molecule has 0 saturated carbocycles. The molecule has 2 saturated heterocycles. The number of anilines is 1. The first-order valence-corrected chi connectivity index (χ1v) is 14.7. The Morgan fingerprint density at radius 2 is 1.86 bits per heavy atom. The number of pyridine rings is 1. The normalized spacial score (nSPS) is 18.9. The van der Waals surface area contributed by atoms with Crippen molar-refractivity contribution >= 4 is 34.4 Å². The van der Waals surface area contributed by atoms with Crippen LogP contribution in [-0.4, -0.2) is 108 Å². The third-order valence-corrected chi connectivity index (χ3v) is 7.76. The number of ether oxygens (including phenoxy) is 1. The maximum atomic E-state index is 13.7. The number of amides is 2. The Morgan fingerprint density at radius 3 is 2.53 bits per heavy atom. The maximum absolute atomic E-state index is 13.7. The monoisotopic (exact) mass is 598 g/mol. The fourth-order valence-corrected chi connectivity index (χ4v) is 5.45. The summed E-state index contributed by atoms with van der Waals surface area (Å²) in [7, 11) is 1.98. The van der Waals surface area contributed by atoms with Crippen LogP contribution in [0.5, 0.6) is 0 Å². The van der Waals surface area contributed by atoms with Crippen LogP contribution in [-0.2, 0) is 9.53 Å². The Bertz CT molecular complexity index is 1380. The second-order valence-corrected chi connectivity index (χ2v) is 12.3. The Hall–Kier alpha value is -3.85. The molecule has 2 aliphatic heterocycles. The van der Waals surface area contributed by atoms with Gasteiger partial charge in [-0.05, 0) is 58.0 Å². The highest BCUT2D eigenvalue weighted by molar-refractivity contribution is 6.08. The van der Waals surface area contributed by atoms with E-state index < -0.39 is 36.4 Å². The van der Waals surface area contributed by atoms with E-state index in [0.717, 1.165) is 43.2 Å². The number of likely N-dealkylation sites (tertiary alicyclic amines) is 1. The minimum absolute atomic E-state index is 0.153. The average Bonchev–Trinajstić information content (AvgIpc) is 3.29. The highest BCUT2D eigenvalue weighted by Gasteiger charge is 2.47. The molecular weight excluding hydrogens is 558 g/mol. The lowest BCUT2D eigenvalue weighted by atomic mass is 10.0. The van der Waals surface area contributed by atoms with Crippen LogP contribution in [0, 0.1) is 11.3 Å². The largest absolute Gasteiger partial charge is 0.444 e. The zero-order chi connectivity index (χ0) is 31.4. The molecule has 1 aromatic heterocycles. The lowest BCUT2D eigenvalue weighted by molar-refractivity contribution is -0.132. The highest BCUT2D eigenvalue weighted by Crippen LogP contribution is 2.32. The molecule has 4 rings (SSSR count). The van der Waals surface area contributed by atoms with Crippen molar-refractivity contribution in [2.75, 3.05) is 57.8 Å². The SMILES string of the molecule is CN(CCCN1CCN(C(=O)OC(C)(C)C)CC1)c1ccc2nccc(C(=O)CCC(=O)N3CC(F)(F)C[C@H]3C#N)c2c1. The molecule has 1 aromatic carbocycles. The molecule has 1 atom stereocenters. The van der Waals surface area contributed by atoms with E-state index in [4.69, 9.17) is 10.00 Å². The number of nitriles is 1. The fourth-order valence-electron chi connectivity index (χ4n) is 5.45. The van der Waals surface area contributed by atoms with Gasteiger partial charge in [-0.25, -0.2) is 13.6 Å². The summed E-state index contributed by atoms with van der Waals surface area (Å²) in [6.07, 6.45) is 1.09. The van der Waals surface area contributed by atoms with E-state index in [9.17, 15) is 23.2 Å². The smallest absolute Gasteiger partial charge is 0.410 e. The predicted molar refractivity (Wildman–Crippen MR) is 158 cm³/mol. The number of carbonyl (C=O) groups is 3. The summed E-state index contributed by atoms with van der Waals surface area (Å²) in [6.45, 7) is 9.29. The zero-order valence-corrected chi connectivity index (χ0v) is 25.3. The van der Waals surface area contributed by atoms with Gasteiger partial charge < -0.3 is 19.4 Å². The third kappa shape index (κ3) is 8.38. The second-order valence-electron chi connectivity index (χ2n) is 12.3. The summed E-state index contributed by atoms with van der Waals surface area (Å²) in [5.41, 5.74) is 1.46. The van der Waals surface area contributed by atoms with Crippen LogP contribution in [0.2, 0.25) is 0 Å². The van der Waals surface area contributed by atoms with Gasteiger partial charge in [-0.1, -0.05) is 0 Å². The van der Waals surface area contributed by atoms with E-state index in [1.54, 1.807) is 17.0 Å². The van der Waals surface area contributed by atoms with Crippen molar-refractivity contribution in [3.05, 3.63) is 36.0 Å². The molecule has 232 valence electrons. The zero-order valence-electron chi connectivity index (χ0n) is 25.3. The summed E-state index contributed by atoms with van der Waals surface area (Å²) < 4.78 is 33.0. The van der Waals surface area contributed by atoms with Gasteiger partial charge in [0, 0.05) is 81.9 Å². The summed E-state index contributed by atoms with van der Waals surface area (Å²) in [4.78, 5) is 49.5. The summed E-state index contributed by atoms with van der Waals surface area (Å²) in [5.74, 6) is -4.01. The van der Waals surface area contributed by atoms with Crippen molar-refractivity contribution in [1.29, 1.82) is 5.26 Å². The molecule has 2 aliphatic rings. The van der Waals surface area contributed by atoms with Crippen molar-refractivity contribution in [2.45, 2.75) is 64.0 Å². The van der Waals surface area contributed by atoms with E-state index in [2.05, 4.69) is 14.8 Å². The standard InChI is InChI=1S/C31H40F2N6O4/c1-30(2,3)43-29(42)38-16-14-37(15-17-38)13-5-12-36(4)22-6-7-26-25(18-22)24(10-11-35-26)27(40)8-9-28(41)39-21-31(32,33)19-23(39)20-34/h6-7,10-11,18,23H,5,8-9,12-17,19,21H2,1-4H3/t23-/m0/s1. The minimum atomic E-state index is -3.10. The molecule has 0 radical (unpaired) electrons. The van der Waals surface area contributed by atoms with Gasteiger partial charge in [0.2, 0.25) is 5.91 Å². The van der Waals surface area contributed by atoms with Gasteiger partial charge >= 0.3 is 6.09 Å². The number of nitrogens with zero attached hydrogens (tertiary/aromatic N) is 6. The summed E-state index contributed by atoms with van der Waals surface area (Å²) in [5, 5.41) is 9.82. The lowest BCUT2D eigenvalue weighted by Gasteiger charge is -2.35. The van der Waals surface area contributed by atoms with Gasteiger partial charge in [0.1, 0.15) is 11.6 Å². The van der Waals surface area contributed by atoms with Crippen molar-refractivity contribution in [2.24, 2.45) is 0 Å². The Labute approximate surface area is 251 Å². The molecule has 3 heterocycles. The van der Waals surface area contributed by atoms with Crippen LogP contribution in [0.1, 0.15) is 56.8 Å². The molecule has 2 fully saturated rings. The quantitative estimate of drug-likeness (QED) is 0.392. The van der Waals surface area contributed by atoms with Gasteiger partial charge in [-0.3, -0.25) is 19.5 Å². The Morgan fingerprint density at radius 1 is 1.14 bits per heavy atom. The predicted octanol–water partition coefficient (Wildman–Crippen LogP) is 4.34. The topological polar surface area (TPSA) is 110 Å². The van der Waals surface area contributed by atoms with Crippen LogP contribution in [0.15, 0.2) is 30.5 Å². The van der Waals surface area contributed by atoms with Crippen molar-refractivity contribution < 1.29 is 27.9 Å². The van der Waals surface area contributed by atoms with E-state index >= 15 is 0 Å². The van der Waals surface area contributed by atoms with Gasteiger partial charge in [-0.15, -0.1) is 0 Å².